The monoisotopic (exact) mass is 483 g/mol. The molecule has 0 bridgehead atoms. The molecule has 2 rings (SSSR count). The number of rotatable bonds is 12. The number of amides is 2. The Hall–Kier alpha value is -2.35. The number of aliphatic carboxylic acids is 1. The van der Waals surface area contributed by atoms with Crippen molar-refractivity contribution >= 4 is 35.2 Å². The predicted octanol–water partition coefficient (Wildman–Crippen LogP) is 5.25. The SMILES string of the molecule is CC(c1ccc(F)cc1)N(CCCNC(=O)NCc1ccc(Cl)cc1Cl)CCCC(=O)O. The summed E-state index contributed by atoms with van der Waals surface area (Å²) in [5.74, 6) is -1.13. The van der Waals surface area contributed by atoms with Crippen LogP contribution in [-0.4, -0.2) is 41.6 Å². The maximum absolute atomic E-state index is 13.2. The van der Waals surface area contributed by atoms with Crippen molar-refractivity contribution in [3.63, 3.8) is 0 Å². The number of carboxylic acid groups (broad SMARTS) is 1. The third-order valence-electron chi connectivity index (χ3n) is 5.10. The summed E-state index contributed by atoms with van der Waals surface area (Å²) >= 11 is 12.0. The first-order chi connectivity index (χ1) is 15.3. The topological polar surface area (TPSA) is 81.7 Å². The summed E-state index contributed by atoms with van der Waals surface area (Å²) in [6, 6.07) is 11.1. The Labute approximate surface area is 197 Å². The lowest BCUT2D eigenvalue weighted by Crippen LogP contribution is -2.37. The van der Waals surface area contributed by atoms with Crippen molar-refractivity contribution in [3.05, 3.63) is 69.5 Å². The predicted molar refractivity (Wildman–Crippen MR) is 125 cm³/mol. The van der Waals surface area contributed by atoms with Crippen LogP contribution in [0.15, 0.2) is 42.5 Å². The van der Waals surface area contributed by atoms with Crippen LogP contribution < -0.4 is 10.6 Å². The van der Waals surface area contributed by atoms with Crippen LogP contribution in [0.25, 0.3) is 0 Å². The summed E-state index contributed by atoms with van der Waals surface area (Å²) in [7, 11) is 0. The molecule has 0 saturated carbocycles. The van der Waals surface area contributed by atoms with Crippen LogP contribution in [-0.2, 0) is 11.3 Å². The van der Waals surface area contributed by atoms with E-state index in [-0.39, 0.29) is 30.9 Å². The van der Waals surface area contributed by atoms with E-state index < -0.39 is 5.97 Å². The number of hydrogen-bond acceptors (Lipinski definition) is 3. The second kappa shape index (κ2) is 13.3. The average Bonchev–Trinajstić information content (AvgIpc) is 2.74. The Morgan fingerprint density at radius 2 is 1.75 bits per heavy atom. The zero-order chi connectivity index (χ0) is 23.5. The molecule has 0 radical (unpaired) electrons. The van der Waals surface area contributed by atoms with Crippen molar-refractivity contribution in [2.75, 3.05) is 19.6 Å². The minimum atomic E-state index is -0.835. The molecule has 1 atom stereocenters. The maximum atomic E-state index is 13.2. The van der Waals surface area contributed by atoms with E-state index in [0.717, 1.165) is 11.1 Å². The van der Waals surface area contributed by atoms with Gasteiger partial charge in [-0.15, -0.1) is 0 Å². The summed E-state index contributed by atoms with van der Waals surface area (Å²) in [6.45, 7) is 3.98. The number of carboxylic acids is 1. The number of nitrogens with one attached hydrogen (secondary N) is 2. The highest BCUT2D eigenvalue weighted by atomic mass is 35.5. The van der Waals surface area contributed by atoms with E-state index in [0.29, 0.717) is 42.5 Å². The van der Waals surface area contributed by atoms with Crippen molar-refractivity contribution in [1.82, 2.24) is 15.5 Å². The molecule has 0 aromatic heterocycles. The van der Waals surface area contributed by atoms with Crippen LogP contribution in [0.3, 0.4) is 0 Å². The van der Waals surface area contributed by atoms with Crippen LogP contribution in [0.2, 0.25) is 10.0 Å². The molecule has 0 fully saturated rings. The second-order valence-electron chi connectivity index (χ2n) is 7.46. The van der Waals surface area contributed by atoms with Crippen molar-refractivity contribution in [1.29, 1.82) is 0 Å². The quantitative estimate of drug-likeness (QED) is 0.360. The Morgan fingerprint density at radius 1 is 1.06 bits per heavy atom. The third-order valence-corrected chi connectivity index (χ3v) is 5.69. The summed E-state index contributed by atoms with van der Waals surface area (Å²) in [6.07, 6.45) is 1.27. The molecule has 0 heterocycles. The normalized spacial score (nSPS) is 11.9. The van der Waals surface area contributed by atoms with Gasteiger partial charge < -0.3 is 15.7 Å². The molecule has 0 spiro atoms. The smallest absolute Gasteiger partial charge is 0.315 e. The van der Waals surface area contributed by atoms with E-state index in [4.69, 9.17) is 28.3 Å². The molecule has 174 valence electrons. The number of carbonyl (C=O) groups is 2. The van der Waals surface area contributed by atoms with Crippen LogP contribution in [0, 0.1) is 5.82 Å². The fourth-order valence-corrected chi connectivity index (χ4v) is 3.75. The lowest BCUT2D eigenvalue weighted by molar-refractivity contribution is -0.137. The molecule has 2 amide bonds. The van der Waals surface area contributed by atoms with E-state index in [2.05, 4.69) is 15.5 Å². The van der Waals surface area contributed by atoms with Crippen LogP contribution in [0.4, 0.5) is 9.18 Å². The molecule has 2 aromatic carbocycles. The van der Waals surface area contributed by atoms with Gasteiger partial charge in [0.15, 0.2) is 0 Å². The molecular formula is C23H28Cl2FN3O3. The van der Waals surface area contributed by atoms with Gasteiger partial charge in [-0.2, -0.15) is 0 Å². The molecular weight excluding hydrogens is 456 g/mol. The van der Waals surface area contributed by atoms with Gasteiger partial charge in [-0.05, 0) is 61.7 Å². The first-order valence-corrected chi connectivity index (χ1v) is 11.2. The first-order valence-electron chi connectivity index (χ1n) is 10.4. The molecule has 1 unspecified atom stereocenters. The van der Waals surface area contributed by atoms with Gasteiger partial charge in [0, 0.05) is 42.1 Å². The largest absolute Gasteiger partial charge is 0.481 e. The summed E-state index contributed by atoms with van der Waals surface area (Å²) in [5.41, 5.74) is 1.72. The molecule has 0 aliphatic carbocycles. The lowest BCUT2D eigenvalue weighted by Gasteiger charge is -2.29. The molecule has 0 aliphatic rings. The Bertz CT molecular complexity index is 897. The van der Waals surface area contributed by atoms with Gasteiger partial charge in [0.1, 0.15) is 5.82 Å². The maximum Gasteiger partial charge on any atom is 0.315 e. The number of hydrogen-bond donors (Lipinski definition) is 3. The number of carbonyl (C=O) groups excluding carboxylic acids is 1. The lowest BCUT2D eigenvalue weighted by atomic mass is 10.1. The highest BCUT2D eigenvalue weighted by Crippen LogP contribution is 2.22. The van der Waals surface area contributed by atoms with Gasteiger partial charge in [0.2, 0.25) is 0 Å². The number of urea groups is 1. The average molecular weight is 484 g/mol. The fourth-order valence-electron chi connectivity index (χ4n) is 3.27. The van der Waals surface area contributed by atoms with Crippen LogP contribution in [0.5, 0.6) is 0 Å². The standard InChI is InChI=1S/C23H28Cl2FN3O3/c1-16(17-6-9-20(26)10-7-17)29(12-2-4-22(30)31)13-3-11-27-23(32)28-15-18-5-8-19(24)14-21(18)25/h5-10,14,16H,2-4,11-13,15H2,1H3,(H,30,31)(H2,27,28,32). The van der Waals surface area contributed by atoms with E-state index >= 15 is 0 Å². The highest BCUT2D eigenvalue weighted by Gasteiger charge is 2.16. The number of halogens is 3. The van der Waals surface area contributed by atoms with E-state index in [9.17, 15) is 14.0 Å². The van der Waals surface area contributed by atoms with Crippen molar-refractivity contribution in [2.45, 2.75) is 38.8 Å². The minimum absolute atomic E-state index is 0.00901. The van der Waals surface area contributed by atoms with E-state index in [1.165, 1.54) is 12.1 Å². The summed E-state index contributed by atoms with van der Waals surface area (Å²) in [4.78, 5) is 25.1. The van der Waals surface area contributed by atoms with E-state index in [1.807, 2.05) is 6.92 Å². The van der Waals surface area contributed by atoms with Gasteiger partial charge in [0.05, 0.1) is 0 Å². The van der Waals surface area contributed by atoms with Crippen LogP contribution >= 0.6 is 23.2 Å². The van der Waals surface area contributed by atoms with E-state index in [1.54, 1.807) is 30.3 Å². The summed E-state index contributed by atoms with van der Waals surface area (Å²) in [5, 5.41) is 15.5. The van der Waals surface area contributed by atoms with Gasteiger partial charge in [-0.25, -0.2) is 9.18 Å². The third kappa shape index (κ3) is 9.02. The Balaban J connectivity index is 1.80. The fraction of sp³-hybridized carbons (Fsp3) is 0.391. The minimum Gasteiger partial charge on any atom is -0.481 e. The molecule has 0 saturated heterocycles. The molecule has 9 heteroatoms. The number of nitrogens with zero attached hydrogens (tertiary/aromatic N) is 1. The van der Waals surface area contributed by atoms with Gasteiger partial charge in [-0.3, -0.25) is 9.69 Å². The van der Waals surface area contributed by atoms with Gasteiger partial charge in [-0.1, -0.05) is 41.4 Å². The van der Waals surface area contributed by atoms with Crippen molar-refractivity contribution < 1.29 is 19.1 Å². The molecule has 3 N–H and O–H groups in total. The van der Waals surface area contributed by atoms with Crippen molar-refractivity contribution in [2.24, 2.45) is 0 Å². The molecule has 6 nitrogen and oxygen atoms in total. The Morgan fingerprint density at radius 3 is 2.41 bits per heavy atom. The number of benzene rings is 2. The first kappa shape index (κ1) is 25.9. The summed E-state index contributed by atoms with van der Waals surface area (Å²) < 4.78 is 13.2. The zero-order valence-electron chi connectivity index (χ0n) is 17.9. The molecule has 2 aromatic rings. The Kier molecular flexibility index (Phi) is 10.7. The van der Waals surface area contributed by atoms with Crippen molar-refractivity contribution in [3.8, 4) is 0 Å². The van der Waals surface area contributed by atoms with Gasteiger partial charge >= 0.3 is 12.0 Å². The molecule has 0 aliphatic heterocycles. The zero-order valence-corrected chi connectivity index (χ0v) is 19.4. The second-order valence-corrected chi connectivity index (χ2v) is 8.30. The van der Waals surface area contributed by atoms with Gasteiger partial charge in [0.25, 0.3) is 0 Å². The van der Waals surface area contributed by atoms with Crippen LogP contribution in [0.1, 0.15) is 43.4 Å². The molecule has 32 heavy (non-hydrogen) atoms. The highest BCUT2D eigenvalue weighted by molar-refractivity contribution is 6.35.